The van der Waals surface area contributed by atoms with Crippen molar-refractivity contribution < 1.29 is 9.72 Å². The Balaban J connectivity index is 1.78. The second-order valence-corrected chi connectivity index (χ2v) is 5.15. The van der Waals surface area contributed by atoms with E-state index in [0.717, 1.165) is 5.69 Å². The molecule has 0 fully saturated rings. The molecule has 1 aromatic heterocycles. The lowest BCUT2D eigenvalue weighted by atomic mass is 10.2. The molecular formula is C18H14N4O3. The van der Waals surface area contributed by atoms with Crippen LogP contribution in [0.3, 0.4) is 0 Å². The first kappa shape index (κ1) is 16.1. The van der Waals surface area contributed by atoms with Crippen molar-refractivity contribution >= 4 is 28.8 Å². The number of nitro groups is 1. The lowest BCUT2D eigenvalue weighted by molar-refractivity contribution is -0.384. The third-order valence-corrected chi connectivity index (χ3v) is 3.43. The van der Waals surface area contributed by atoms with Gasteiger partial charge in [0, 0.05) is 29.6 Å². The Bertz CT molecular complexity index is 896. The van der Waals surface area contributed by atoms with Crippen LogP contribution in [0.25, 0.3) is 0 Å². The van der Waals surface area contributed by atoms with Crippen LogP contribution in [0.15, 0.2) is 72.9 Å². The van der Waals surface area contributed by atoms with Crippen molar-refractivity contribution in [1.29, 1.82) is 0 Å². The predicted octanol–water partition coefficient (Wildman–Crippen LogP) is 3.99. The first-order valence-corrected chi connectivity index (χ1v) is 7.46. The Hall–Kier alpha value is -3.74. The number of carbonyl (C=O) groups is 1. The van der Waals surface area contributed by atoms with Crippen molar-refractivity contribution in [2.24, 2.45) is 0 Å². The number of benzene rings is 2. The van der Waals surface area contributed by atoms with Crippen molar-refractivity contribution in [2.45, 2.75) is 0 Å². The summed E-state index contributed by atoms with van der Waals surface area (Å²) in [7, 11) is 0. The minimum absolute atomic E-state index is 0.0687. The summed E-state index contributed by atoms with van der Waals surface area (Å²) in [5, 5.41) is 16.6. The van der Waals surface area contributed by atoms with Gasteiger partial charge in [-0.15, -0.1) is 0 Å². The predicted molar refractivity (Wildman–Crippen MR) is 95.0 cm³/mol. The van der Waals surface area contributed by atoms with E-state index >= 15 is 0 Å². The van der Waals surface area contributed by atoms with E-state index in [1.54, 1.807) is 18.3 Å². The van der Waals surface area contributed by atoms with Crippen molar-refractivity contribution in [3.8, 4) is 0 Å². The van der Waals surface area contributed by atoms with Gasteiger partial charge in [-0.3, -0.25) is 14.9 Å². The van der Waals surface area contributed by atoms with Gasteiger partial charge in [-0.1, -0.05) is 18.2 Å². The summed E-state index contributed by atoms with van der Waals surface area (Å²) in [4.78, 5) is 26.7. The summed E-state index contributed by atoms with van der Waals surface area (Å²) >= 11 is 0. The fourth-order valence-electron chi connectivity index (χ4n) is 2.20. The molecule has 0 unspecified atom stereocenters. The van der Waals surface area contributed by atoms with E-state index in [1.165, 1.54) is 24.3 Å². The lowest BCUT2D eigenvalue weighted by Crippen LogP contribution is -2.14. The van der Waals surface area contributed by atoms with Gasteiger partial charge in [-0.2, -0.15) is 0 Å². The van der Waals surface area contributed by atoms with Gasteiger partial charge >= 0.3 is 0 Å². The van der Waals surface area contributed by atoms with Gasteiger partial charge in [0.2, 0.25) is 0 Å². The number of hydrogen-bond donors (Lipinski definition) is 2. The van der Waals surface area contributed by atoms with Crippen LogP contribution in [0.4, 0.5) is 22.9 Å². The summed E-state index contributed by atoms with van der Waals surface area (Å²) in [6.45, 7) is 0. The Morgan fingerprint density at radius 3 is 2.36 bits per heavy atom. The number of nitrogens with one attached hydrogen (secondary N) is 2. The van der Waals surface area contributed by atoms with E-state index in [9.17, 15) is 14.9 Å². The van der Waals surface area contributed by atoms with Gasteiger partial charge in [-0.05, 0) is 36.4 Å². The topological polar surface area (TPSA) is 97.2 Å². The molecule has 1 heterocycles. The van der Waals surface area contributed by atoms with Crippen LogP contribution in [0.2, 0.25) is 0 Å². The van der Waals surface area contributed by atoms with Crippen LogP contribution < -0.4 is 10.6 Å². The molecule has 0 aliphatic heterocycles. The van der Waals surface area contributed by atoms with Crippen molar-refractivity contribution in [3.63, 3.8) is 0 Å². The van der Waals surface area contributed by atoms with Crippen molar-refractivity contribution in [3.05, 3.63) is 88.6 Å². The van der Waals surface area contributed by atoms with E-state index in [0.29, 0.717) is 17.1 Å². The van der Waals surface area contributed by atoms with Crippen LogP contribution in [0, 0.1) is 10.1 Å². The van der Waals surface area contributed by atoms with Gasteiger partial charge in [0.25, 0.3) is 11.6 Å². The van der Waals surface area contributed by atoms with Crippen LogP contribution >= 0.6 is 0 Å². The molecule has 7 nitrogen and oxygen atoms in total. The summed E-state index contributed by atoms with van der Waals surface area (Å²) in [6, 6.07) is 18.4. The third kappa shape index (κ3) is 3.97. The average Bonchev–Trinajstić information content (AvgIpc) is 2.64. The second kappa shape index (κ2) is 7.22. The number of rotatable bonds is 5. The molecule has 3 rings (SSSR count). The SMILES string of the molecule is O=C(Nc1ncccc1Nc1ccccc1)c1ccc([N+](=O)[O-])cc1. The fourth-order valence-corrected chi connectivity index (χ4v) is 2.20. The lowest BCUT2D eigenvalue weighted by Gasteiger charge is -2.12. The molecule has 0 aliphatic carbocycles. The average molecular weight is 334 g/mol. The van der Waals surface area contributed by atoms with Gasteiger partial charge in [0.15, 0.2) is 5.82 Å². The number of non-ortho nitro benzene ring substituents is 1. The van der Waals surface area contributed by atoms with E-state index in [4.69, 9.17) is 0 Å². The molecule has 2 N–H and O–H groups in total. The first-order valence-electron chi connectivity index (χ1n) is 7.46. The Kier molecular flexibility index (Phi) is 4.66. The Labute approximate surface area is 143 Å². The van der Waals surface area contributed by atoms with Gasteiger partial charge in [-0.25, -0.2) is 4.98 Å². The fraction of sp³-hybridized carbons (Fsp3) is 0. The smallest absolute Gasteiger partial charge is 0.269 e. The van der Waals surface area contributed by atoms with Crippen LogP contribution in [0.5, 0.6) is 0 Å². The van der Waals surface area contributed by atoms with Crippen LogP contribution in [0.1, 0.15) is 10.4 Å². The number of aromatic nitrogens is 1. The van der Waals surface area contributed by atoms with Crippen LogP contribution in [-0.2, 0) is 0 Å². The number of nitro benzene ring substituents is 1. The number of para-hydroxylation sites is 1. The highest BCUT2D eigenvalue weighted by Crippen LogP contribution is 2.23. The number of carbonyl (C=O) groups excluding carboxylic acids is 1. The Morgan fingerprint density at radius 1 is 0.960 bits per heavy atom. The molecule has 1 amide bonds. The molecule has 3 aromatic rings. The number of nitrogens with zero attached hydrogens (tertiary/aromatic N) is 2. The maximum atomic E-state index is 12.4. The monoisotopic (exact) mass is 334 g/mol. The summed E-state index contributed by atoms with van der Waals surface area (Å²) in [6.07, 6.45) is 1.57. The molecule has 25 heavy (non-hydrogen) atoms. The minimum atomic E-state index is -0.512. The van der Waals surface area contributed by atoms with Crippen molar-refractivity contribution in [2.75, 3.05) is 10.6 Å². The number of anilines is 3. The molecule has 124 valence electrons. The summed E-state index contributed by atoms with van der Waals surface area (Å²) in [5.41, 5.74) is 1.74. The Morgan fingerprint density at radius 2 is 1.68 bits per heavy atom. The van der Waals surface area contributed by atoms with Gasteiger partial charge in [0.1, 0.15) is 0 Å². The highest BCUT2D eigenvalue weighted by Gasteiger charge is 2.12. The standard InChI is InChI=1S/C18H14N4O3/c23-18(13-8-10-15(11-9-13)22(24)25)21-17-16(7-4-12-19-17)20-14-5-2-1-3-6-14/h1-12,20H,(H,19,21,23). The van der Waals surface area contributed by atoms with E-state index < -0.39 is 10.8 Å². The first-order chi connectivity index (χ1) is 12.1. The maximum Gasteiger partial charge on any atom is 0.269 e. The highest BCUT2D eigenvalue weighted by atomic mass is 16.6. The molecule has 7 heteroatoms. The molecule has 0 bridgehead atoms. The molecule has 2 aromatic carbocycles. The van der Waals surface area contributed by atoms with E-state index in [2.05, 4.69) is 15.6 Å². The van der Waals surface area contributed by atoms with Crippen LogP contribution in [-0.4, -0.2) is 15.8 Å². The highest BCUT2D eigenvalue weighted by molar-refractivity contribution is 6.05. The zero-order chi connectivity index (χ0) is 17.6. The zero-order valence-electron chi connectivity index (χ0n) is 13.0. The molecule has 0 atom stereocenters. The van der Waals surface area contributed by atoms with Crippen molar-refractivity contribution in [1.82, 2.24) is 4.98 Å². The summed E-state index contributed by atoms with van der Waals surface area (Å²) in [5.74, 6) is -0.0283. The largest absolute Gasteiger partial charge is 0.353 e. The quantitative estimate of drug-likeness (QED) is 0.543. The third-order valence-electron chi connectivity index (χ3n) is 3.43. The molecule has 0 spiro atoms. The second-order valence-electron chi connectivity index (χ2n) is 5.15. The molecule has 0 aliphatic rings. The molecular weight excluding hydrogens is 320 g/mol. The van der Waals surface area contributed by atoms with E-state index in [1.807, 2.05) is 30.3 Å². The van der Waals surface area contributed by atoms with E-state index in [-0.39, 0.29) is 5.69 Å². The summed E-state index contributed by atoms with van der Waals surface area (Å²) < 4.78 is 0. The van der Waals surface area contributed by atoms with Gasteiger partial charge in [0.05, 0.1) is 10.6 Å². The molecule has 0 saturated heterocycles. The zero-order valence-corrected chi connectivity index (χ0v) is 13.0. The number of hydrogen-bond acceptors (Lipinski definition) is 5. The molecule has 0 radical (unpaired) electrons. The molecule has 0 saturated carbocycles. The maximum absolute atomic E-state index is 12.4. The van der Waals surface area contributed by atoms with Gasteiger partial charge < -0.3 is 10.6 Å². The number of amides is 1. The number of pyridine rings is 1. The minimum Gasteiger partial charge on any atom is -0.353 e. The normalized spacial score (nSPS) is 10.1.